The molecule has 1 amide bonds. The first-order valence-electron chi connectivity index (χ1n) is 9.31. The number of hydrogen-bond acceptors (Lipinski definition) is 4. The molecular formula is C22H24N2O3S. The molecule has 0 bridgehead atoms. The van der Waals surface area contributed by atoms with E-state index in [-0.39, 0.29) is 5.91 Å². The molecule has 0 aromatic heterocycles. The molecule has 2 aromatic carbocycles. The highest BCUT2D eigenvalue weighted by molar-refractivity contribution is 7.80. The van der Waals surface area contributed by atoms with E-state index < -0.39 is 0 Å². The SMILES string of the molecule is CCOc1cc(/C=C2\NC(=S)N(CC)C2=O)ccc1OCc1ccc(C)cc1. The number of ether oxygens (including phenoxy) is 2. The number of nitrogens with one attached hydrogen (secondary N) is 1. The summed E-state index contributed by atoms with van der Waals surface area (Å²) < 4.78 is 11.7. The fraction of sp³-hybridized carbons (Fsp3) is 0.273. The molecule has 0 spiro atoms. The minimum absolute atomic E-state index is 0.120. The summed E-state index contributed by atoms with van der Waals surface area (Å²) in [6, 6.07) is 13.9. The molecule has 0 unspecified atom stereocenters. The molecule has 0 aliphatic carbocycles. The van der Waals surface area contributed by atoms with Crippen molar-refractivity contribution < 1.29 is 14.3 Å². The van der Waals surface area contributed by atoms with Crippen LogP contribution in [0.1, 0.15) is 30.5 Å². The van der Waals surface area contributed by atoms with E-state index in [0.717, 1.165) is 11.1 Å². The van der Waals surface area contributed by atoms with E-state index in [4.69, 9.17) is 21.7 Å². The van der Waals surface area contributed by atoms with Gasteiger partial charge in [0.2, 0.25) is 0 Å². The summed E-state index contributed by atoms with van der Waals surface area (Å²) in [5, 5.41) is 3.40. The normalized spacial score (nSPS) is 15.1. The Kier molecular flexibility index (Phi) is 6.31. The van der Waals surface area contributed by atoms with Gasteiger partial charge in [-0.1, -0.05) is 35.9 Å². The molecule has 6 heteroatoms. The number of benzene rings is 2. The molecule has 1 aliphatic rings. The smallest absolute Gasteiger partial charge is 0.276 e. The van der Waals surface area contributed by atoms with Gasteiger partial charge in [0.1, 0.15) is 12.3 Å². The van der Waals surface area contributed by atoms with E-state index >= 15 is 0 Å². The maximum atomic E-state index is 12.4. The van der Waals surface area contributed by atoms with Crippen LogP contribution in [0.3, 0.4) is 0 Å². The lowest BCUT2D eigenvalue weighted by Gasteiger charge is -2.13. The second-order valence-corrected chi connectivity index (χ2v) is 6.84. The number of hydrogen-bond donors (Lipinski definition) is 1. The van der Waals surface area contributed by atoms with Gasteiger partial charge in [0, 0.05) is 6.54 Å². The Balaban J connectivity index is 1.79. The van der Waals surface area contributed by atoms with Gasteiger partial charge in [0.15, 0.2) is 16.6 Å². The lowest BCUT2D eigenvalue weighted by atomic mass is 10.1. The van der Waals surface area contributed by atoms with Crippen LogP contribution in [0.15, 0.2) is 48.2 Å². The molecule has 146 valence electrons. The van der Waals surface area contributed by atoms with E-state index in [1.54, 1.807) is 6.08 Å². The van der Waals surface area contributed by atoms with Gasteiger partial charge < -0.3 is 14.8 Å². The van der Waals surface area contributed by atoms with Crippen molar-refractivity contribution in [3.05, 3.63) is 64.9 Å². The minimum atomic E-state index is -0.120. The van der Waals surface area contributed by atoms with E-state index in [9.17, 15) is 4.79 Å². The Morgan fingerprint density at radius 1 is 1.07 bits per heavy atom. The predicted molar refractivity (Wildman–Crippen MR) is 114 cm³/mol. The monoisotopic (exact) mass is 396 g/mol. The Bertz CT molecular complexity index is 906. The lowest BCUT2D eigenvalue weighted by molar-refractivity contribution is -0.122. The summed E-state index contributed by atoms with van der Waals surface area (Å²) in [5.74, 6) is 1.19. The summed E-state index contributed by atoms with van der Waals surface area (Å²) in [7, 11) is 0. The number of carbonyl (C=O) groups is 1. The molecule has 28 heavy (non-hydrogen) atoms. The summed E-state index contributed by atoms with van der Waals surface area (Å²) in [6.07, 6.45) is 1.77. The summed E-state index contributed by atoms with van der Waals surface area (Å²) in [4.78, 5) is 13.9. The van der Waals surface area contributed by atoms with Gasteiger partial charge in [-0.15, -0.1) is 0 Å². The van der Waals surface area contributed by atoms with Gasteiger partial charge in [0.05, 0.1) is 6.61 Å². The molecule has 0 radical (unpaired) electrons. The Hall–Kier alpha value is -2.86. The maximum absolute atomic E-state index is 12.4. The van der Waals surface area contributed by atoms with Crippen molar-refractivity contribution in [1.29, 1.82) is 0 Å². The van der Waals surface area contributed by atoms with Gasteiger partial charge in [-0.2, -0.15) is 0 Å². The zero-order valence-corrected chi connectivity index (χ0v) is 17.1. The average Bonchev–Trinajstić information content (AvgIpc) is 2.95. The standard InChI is InChI=1S/C22H24N2O3S/c1-4-24-21(25)18(23-22(24)28)12-17-10-11-19(20(13-17)26-5-2)27-14-16-8-6-15(3)7-9-16/h6-13H,4-5,14H2,1-3H3,(H,23,28)/b18-12-. The van der Waals surface area contributed by atoms with Crippen LogP contribution < -0.4 is 14.8 Å². The molecule has 5 nitrogen and oxygen atoms in total. The van der Waals surface area contributed by atoms with Gasteiger partial charge in [-0.05, 0) is 62.3 Å². The van der Waals surface area contributed by atoms with E-state index in [1.807, 2.05) is 44.2 Å². The molecular weight excluding hydrogens is 372 g/mol. The predicted octanol–water partition coefficient (Wildman–Crippen LogP) is 4.05. The minimum Gasteiger partial charge on any atom is -0.490 e. The van der Waals surface area contributed by atoms with Gasteiger partial charge in [0.25, 0.3) is 5.91 Å². The highest BCUT2D eigenvalue weighted by Crippen LogP contribution is 2.30. The maximum Gasteiger partial charge on any atom is 0.276 e. The van der Waals surface area contributed by atoms with Crippen LogP contribution in [0.2, 0.25) is 0 Å². The fourth-order valence-electron chi connectivity index (χ4n) is 2.87. The van der Waals surface area contributed by atoms with Crippen LogP contribution in [0.4, 0.5) is 0 Å². The number of likely N-dealkylation sites (N-methyl/N-ethyl adjacent to an activating group) is 1. The molecule has 3 rings (SSSR count). The topological polar surface area (TPSA) is 50.8 Å². The third-order valence-electron chi connectivity index (χ3n) is 4.37. The number of carbonyl (C=O) groups excluding carboxylic acids is 1. The van der Waals surface area contributed by atoms with Crippen molar-refractivity contribution >= 4 is 29.3 Å². The summed E-state index contributed by atoms with van der Waals surface area (Å²) >= 11 is 5.20. The third kappa shape index (κ3) is 4.51. The number of aryl methyl sites for hydroxylation is 1. The van der Waals surface area contributed by atoms with Crippen molar-refractivity contribution in [2.75, 3.05) is 13.2 Å². The second kappa shape index (κ2) is 8.89. The molecule has 2 aromatic rings. The van der Waals surface area contributed by atoms with Gasteiger partial charge in [-0.3, -0.25) is 9.69 Å². The quantitative estimate of drug-likeness (QED) is 0.565. The highest BCUT2D eigenvalue weighted by Gasteiger charge is 2.29. The van der Waals surface area contributed by atoms with E-state index in [1.165, 1.54) is 10.5 Å². The average molecular weight is 397 g/mol. The molecule has 1 heterocycles. The zero-order chi connectivity index (χ0) is 20.1. The molecule has 1 fully saturated rings. The van der Waals surface area contributed by atoms with Crippen LogP contribution in [-0.2, 0) is 11.4 Å². The first kappa shape index (κ1) is 19.9. The first-order chi connectivity index (χ1) is 13.5. The van der Waals surface area contributed by atoms with Crippen LogP contribution in [-0.4, -0.2) is 29.1 Å². The van der Waals surface area contributed by atoms with Crippen LogP contribution in [0, 0.1) is 6.92 Å². The van der Waals surface area contributed by atoms with Crippen molar-refractivity contribution in [2.24, 2.45) is 0 Å². The van der Waals surface area contributed by atoms with Gasteiger partial charge >= 0.3 is 0 Å². The molecule has 1 saturated heterocycles. The third-order valence-corrected chi connectivity index (χ3v) is 4.69. The van der Waals surface area contributed by atoms with Crippen molar-refractivity contribution in [3.63, 3.8) is 0 Å². The van der Waals surface area contributed by atoms with Gasteiger partial charge in [-0.25, -0.2) is 0 Å². The Morgan fingerprint density at radius 3 is 2.46 bits per heavy atom. The van der Waals surface area contributed by atoms with Crippen LogP contribution in [0.5, 0.6) is 11.5 Å². The fourth-order valence-corrected chi connectivity index (χ4v) is 3.19. The van der Waals surface area contributed by atoms with Crippen LogP contribution >= 0.6 is 12.2 Å². The van der Waals surface area contributed by atoms with Crippen molar-refractivity contribution in [3.8, 4) is 11.5 Å². The lowest BCUT2D eigenvalue weighted by Crippen LogP contribution is -2.30. The number of thiocarbonyl (C=S) groups is 1. The molecule has 1 aliphatic heterocycles. The number of amides is 1. The summed E-state index contributed by atoms with van der Waals surface area (Å²) in [5.41, 5.74) is 3.60. The number of nitrogens with zero attached hydrogens (tertiary/aromatic N) is 1. The van der Waals surface area contributed by atoms with E-state index in [2.05, 4.69) is 24.4 Å². The molecule has 0 atom stereocenters. The van der Waals surface area contributed by atoms with Crippen molar-refractivity contribution in [1.82, 2.24) is 10.2 Å². The van der Waals surface area contributed by atoms with Crippen molar-refractivity contribution in [2.45, 2.75) is 27.4 Å². The molecule has 0 saturated carbocycles. The zero-order valence-electron chi connectivity index (χ0n) is 16.3. The van der Waals surface area contributed by atoms with E-state index in [0.29, 0.717) is 42.1 Å². The number of rotatable bonds is 7. The Labute approximate surface area is 170 Å². The largest absolute Gasteiger partial charge is 0.490 e. The second-order valence-electron chi connectivity index (χ2n) is 6.45. The summed E-state index contributed by atoms with van der Waals surface area (Å²) in [6.45, 7) is 7.39. The molecule has 1 N–H and O–H groups in total. The van der Waals surface area contributed by atoms with Crippen LogP contribution in [0.25, 0.3) is 6.08 Å². The Morgan fingerprint density at radius 2 is 1.82 bits per heavy atom. The highest BCUT2D eigenvalue weighted by atomic mass is 32.1. The first-order valence-corrected chi connectivity index (χ1v) is 9.72.